The van der Waals surface area contributed by atoms with E-state index < -0.39 is 5.97 Å². The van der Waals surface area contributed by atoms with Gasteiger partial charge in [-0.05, 0) is 50.6 Å². The second-order valence-electron chi connectivity index (χ2n) is 6.21. The molecule has 28 heavy (non-hydrogen) atoms. The molecule has 3 rings (SSSR count). The summed E-state index contributed by atoms with van der Waals surface area (Å²) in [6, 6.07) is 15.0. The van der Waals surface area contributed by atoms with Crippen molar-refractivity contribution in [2.45, 2.75) is 27.4 Å². The molecular weight excluding hydrogens is 376 g/mol. The monoisotopic (exact) mass is 396 g/mol. The van der Waals surface area contributed by atoms with Gasteiger partial charge in [0.2, 0.25) is 0 Å². The maximum Gasteiger partial charge on any atom is 0.342 e. The fraction of sp³-hybridized carbons (Fsp3) is 0.227. The van der Waals surface area contributed by atoms with Gasteiger partial charge in [0.15, 0.2) is 0 Å². The predicted molar refractivity (Wildman–Crippen MR) is 109 cm³/mol. The van der Waals surface area contributed by atoms with Crippen LogP contribution in [0.25, 0.3) is 11.3 Å². The van der Waals surface area contributed by atoms with Crippen LogP contribution < -0.4 is 4.74 Å². The summed E-state index contributed by atoms with van der Waals surface area (Å²) >= 11 is 5.94. The molecule has 0 saturated heterocycles. The first-order chi connectivity index (χ1) is 13.5. The van der Waals surface area contributed by atoms with E-state index in [0.29, 0.717) is 45.7 Å². The summed E-state index contributed by atoms with van der Waals surface area (Å²) in [5.74, 6) is 0.760. The van der Waals surface area contributed by atoms with Gasteiger partial charge in [-0.1, -0.05) is 35.9 Å². The molecule has 0 aliphatic rings. The first-order valence-electron chi connectivity index (χ1n) is 8.98. The van der Waals surface area contributed by atoms with E-state index in [9.17, 15) is 4.79 Å². The molecule has 1 heterocycles. The number of carbonyl (C=O) groups is 1. The smallest absolute Gasteiger partial charge is 0.342 e. The Hall–Kier alpha value is -2.92. The van der Waals surface area contributed by atoms with Gasteiger partial charge in [-0.3, -0.25) is 0 Å². The van der Waals surface area contributed by atoms with Gasteiger partial charge in [-0.15, -0.1) is 0 Å². The first-order valence-corrected chi connectivity index (χ1v) is 9.36. The van der Waals surface area contributed by atoms with Crippen LogP contribution in [0.3, 0.4) is 0 Å². The summed E-state index contributed by atoms with van der Waals surface area (Å²) in [6.07, 6.45) is 0. The third-order valence-electron chi connectivity index (χ3n) is 4.13. The standard InChI is InChI=1S/C22H21ClN2O3/c1-4-27-22(26)20-14(2)24-15(3)25-21(20)18-7-5-6-8-19(18)28-13-16-9-11-17(23)12-10-16/h5-12H,4,13H2,1-3H3. The zero-order valence-electron chi connectivity index (χ0n) is 16.0. The van der Waals surface area contributed by atoms with Crippen molar-refractivity contribution in [2.75, 3.05) is 6.61 Å². The fourth-order valence-corrected chi connectivity index (χ4v) is 3.01. The molecule has 144 valence electrons. The summed E-state index contributed by atoms with van der Waals surface area (Å²) in [7, 11) is 0. The second kappa shape index (κ2) is 8.85. The third kappa shape index (κ3) is 4.49. The lowest BCUT2D eigenvalue weighted by Crippen LogP contribution is -2.13. The minimum absolute atomic E-state index is 0.278. The SMILES string of the molecule is CCOC(=O)c1c(C)nc(C)nc1-c1ccccc1OCc1ccc(Cl)cc1. The van der Waals surface area contributed by atoms with Crippen LogP contribution in [0.2, 0.25) is 5.02 Å². The predicted octanol–water partition coefficient (Wildman–Crippen LogP) is 5.17. The summed E-state index contributed by atoms with van der Waals surface area (Å²) in [5.41, 5.74) is 3.14. The summed E-state index contributed by atoms with van der Waals surface area (Å²) in [6.45, 7) is 5.99. The molecule has 0 aliphatic carbocycles. The van der Waals surface area contributed by atoms with Crippen LogP contribution in [0.4, 0.5) is 0 Å². The number of halogens is 1. The number of hydrogen-bond donors (Lipinski definition) is 0. The largest absolute Gasteiger partial charge is 0.488 e. The molecule has 0 radical (unpaired) electrons. The van der Waals surface area contributed by atoms with E-state index in [-0.39, 0.29) is 6.61 Å². The number of esters is 1. The van der Waals surface area contributed by atoms with Gasteiger partial charge in [0, 0.05) is 10.6 Å². The van der Waals surface area contributed by atoms with Crippen molar-refractivity contribution in [3.8, 4) is 17.0 Å². The fourth-order valence-electron chi connectivity index (χ4n) is 2.89. The second-order valence-corrected chi connectivity index (χ2v) is 6.65. The maximum absolute atomic E-state index is 12.5. The lowest BCUT2D eigenvalue weighted by molar-refractivity contribution is 0.0525. The van der Waals surface area contributed by atoms with Crippen LogP contribution in [0, 0.1) is 13.8 Å². The Bertz CT molecular complexity index is 988. The minimum Gasteiger partial charge on any atom is -0.488 e. The number of benzene rings is 2. The molecule has 6 heteroatoms. The van der Waals surface area contributed by atoms with Crippen molar-refractivity contribution in [3.63, 3.8) is 0 Å². The highest BCUT2D eigenvalue weighted by Gasteiger charge is 2.22. The van der Waals surface area contributed by atoms with Crippen LogP contribution >= 0.6 is 11.6 Å². The molecular formula is C22H21ClN2O3. The highest BCUT2D eigenvalue weighted by atomic mass is 35.5. The van der Waals surface area contributed by atoms with E-state index in [1.54, 1.807) is 20.8 Å². The molecule has 0 atom stereocenters. The number of nitrogens with zero attached hydrogens (tertiary/aromatic N) is 2. The number of aromatic nitrogens is 2. The summed E-state index contributed by atoms with van der Waals surface area (Å²) < 4.78 is 11.3. The Morgan fingerprint density at radius 1 is 1.04 bits per heavy atom. The van der Waals surface area contributed by atoms with Crippen molar-refractivity contribution >= 4 is 17.6 Å². The van der Waals surface area contributed by atoms with E-state index in [2.05, 4.69) is 9.97 Å². The van der Waals surface area contributed by atoms with Gasteiger partial charge in [0.25, 0.3) is 0 Å². The Labute approximate surface area is 169 Å². The van der Waals surface area contributed by atoms with Crippen LogP contribution in [-0.2, 0) is 11.3 Å². The van der Waals surface area contributed by atoms with Gasteiger partial charge in [0.1, 0.15) is 23.7 Å². The van der Waals surface area contributed by atoms with Crippen LogP contribution in [0.5, 0.6) is 5.75 Å². The van der Waals surface area contributed by atoms with Gasteiger partial charge in [-0.2, -0.15) is 0 Å². The number of aryl methyl sites for hydroxylation is 2. The van der Waals surface area contributed by atoms with E-state index in [4.69, 9.17) is 21.1 Å². The molecule has 0 amide bonds. The van der Waals surface area contributed by atoms with Gasteiger partial charge in [-0.25, -0.2) is 14.8 Å². The third-order valence-corrected chi connectivity index (χ3v) is 4.38. The molecule has 1 aromatic heterocycles. The molecule has 2 aromatic carbocycles. The van der Waals surface area contributed by atoms with Crippen molar-refractivity contribution in [2.24, 2.45) is 0 Å². The molecule has 0 N–H and O–H groups in total. The normalized spacial score (nSPS) is 10.6. The quantitative estimate of drug-likeness (QED) is 0.538. The molecule has 0 bridgehead atoms. The molecule has 3 aromatic rings. The number of hydrogen-bond acceptors (Lipinski definition) is 5. The van der Waals surface area contributed by atoms with Crippen LogP contribution in [0.1, 0.15) is 34.4 Å². The lowest BCUT2D eigenvalue weighted by atomic mass is 10.0. The maximum atomic E-state index is 12.5. The Kier molecular flexibility index (Phi) is 6.26. The van der Waals surface area contributed by atoms with Crippen molar-refractivity contribution in [1.82, 2.24) is 9.97 Å². The molecule has 0 unspecified atom stereocenters. The number of para-hydroxylation sites is 1. The minimum atomic E-state index is -0.442. The first kappa shape index (κ1) is 19.8. The van der Waals surface area contributed by atoms with Crippen molar-refractivity contribution in [1.29, 1.82) is 0 Å². The molecule has 0 fully saturated rings. The Morgan fingerprint density at radius 2 is 1.75 bits per heavy atom. The number of ether oxygens (including phenoxy) is 2. The zero-order chi connectivity index (χ0) is 20.1. The van der Waals surface area contributed by atoms with E-state index >= 15 is 0 Å². The number of rotatable bonds is 6. The number of carbonyl (C=O) groups excluding carboxylic acids is 1. The molecule has 0 aliphatic heterocycles. The van der Waals surface area contributed by atoms with Crippen LogP contribution in [0.15, 0.2) is 48.5 Å². The van der Waals surface area contributed by atoms with E-state index in [1.165, 1.54) is 0 Å². The molecule has 5 nitrogen and oxygen atoms in total. The topological polar surface area (TPSA) is 61.3 Å². The van der Waals surface area contributed by atoms with Crippen LogP contribution in [-0.4, -0.2) is 22.5 Å². The Balaban J connectivity index is 2.00. The average molecular weight is 397 g/mol. The van der Waals surface area contributed by atoms with Crippen molar-refractivity contribution < 1.29 is 14.3 Å². The average Bonchev–Trinajstić information content (AvgIpc) is 2.67. The van der Waals surface area contributed by atoms with Gasteiger partial charge < -0.3 is 9.47 Å². The van der Waals surface area contributed by atoms with Crippen molar-refractivity contribution in [3.05, 3.63) is 76.2 Å². The van der Waals surface area contributed by atoms with E-state index in [1.807, 2.05) is 48.5 Å². The highest BCUT2D eigenvalue weighted by Crippen LogP contribution is 2.33. The zero-order valence-corrected chi connectivity index (χ0v) is 16.8. The lowest BCUT2D eigenvalue weighted by Gasteiger charge is -2.15. The molecule has 0 spiro atoms. The summed E-state index contributed by atoms with van der Waals surface area (Å²) in [5, 5.41) is 0.676. The van der Waals surface area contributed by atoms with E-state index in [0.717, 1.165) is 5.56 Å². The van der Waals surface area contributed by atoms with Gasteiger partial charge >= 0.3 is 5.97 Å². The van der Waals surface area contributed by atoms with Gasteiger partial charge in [0.05, 0.1) is 18.0 Å². The molecule has 0 saturated carbocycles. The summed E-state index contributed by atoms with van der Waals surface area (Å²) in [4.78, 5) is 21.4. The Morgan fingerprint density at radius 3 is 2.46 bits per heavy atom. The highest BCUT2D eigenvalue weighted by molar-refractivity contribution is 6.30.